The third-order valence-corrected chi connectivity index (χ3v) is 6.22. The summed E-state index contributed by atoms with van der Waals surface area (Å²) in [4.78, 5) is 43.8. The highest BCUT2D eigenvalue weighted by atomic mass is 32.1. The molecule has 7 nitrogen and oxygen atoms in total. The lowest BCUT2D eigenvalue weighted by Gasteiger charge is -2.27. The Kier molecular flexibility index (Phi) is 5.99. The summed E-state index contributed by atoms with van der Waals surface area (Å²) in [7, 11) is 0. The van der Waals surface area contributed by atoms with Crippen molar-refractivity contribution in [2.75, 3.05) is 11.9 Å². The second kappa shape index (κ2) is 8.85. The van der Waals surface area contributed by atoms with Crippen LogP contribution in [0.15, 0.2) is 52.9 Å². The molecule has 0 spiro atoms. The standard InChI is InChI=1S/C23H24N4O3S/c1-15-5-6-16(2)18(12-15)19-4-3-10-27(19)22(30)17-7-8-21(29)26(13-17)14-20(28)25-23-24-9-11-31-23/h5-9,11-13,19H,3-4,10,14H2,1-2H3,(H,24,25,28). The van der Waals surface area contributed by atoms with Crippen molar-refractivity contribution in [2.24, 2.45) is 0 Å². The van der Waals surface area contributed by atoms with Gasteiger partial charge >= 0.3 is 0 Å². The number of thiazole rings is 1. The molecule has 0 bridgehead atoms. The van der Waals surface area contributed by atoms with Crippen LogP contribution in [-0.2, 0) is 11.3 Å². The summed E-state index contributed by atoms with van der Waals surface area (Å²) >= 11 is 1.30. The van der Waals surface area contributed by atoms with Gasteiger partial charge in [0.1, 0.15) is 6.54 Å². The minimum Gasteiger partial charge on any atom is -0.332 e. The molecule has 2 aromatic heterocycles. The van der Waals surface area contributed by atoms with E-state index in [-0.39, 0.29) is 30.0 Å². The zero-order valence-corrected chi connectivity index (χ0v) is 18.3. The molecule has 4 rings (SSSR count). The molecule has 31 heavy (non-hydrogen) atoms. The number of amides is 2. The fourth-order valence-electron chi connectivity index (χ4n) is 4.00. The molecule has 0 aliphatic carbocycles. The Morgan fingerprint density at radius 1 is 1.23 bits per heavy atom. The Balaban J connectivity index is 1.55. The molecule has 1 saturated heterocycles. The number of nitrogens with one attached hydrogen (secondary N) is 1. The average molecular weight is 437 g/mol. The molecule has 1 N–H and O–H groups in total. The van der Waals surface area contributed by atoms with Gasteiger partial charge in [0.25, 0.3) is 11.5 Å². The second-order valence-corrected chi connectivity index (χ2v) is 8.68. The van der Waals surface area contributed by atoms with Gasteiger partial charge in [-0.05, 0) is 43.9 Å². The molecular weight excluding hydrogens is 412 g/mol. The summed E-state index contributed by atoms with van der Waals surface area (Å²) in [5.74, 6) is -0.492. The van der Waals surface area contributed by atoms with Gasteiger partial charge in [-0.2, -0.15) is 0 Å². The molecule has 8 heteroatoms. The van der Waals surface area contributed by atoms with E-state index in [1.807, 2.05) is 4.90 Å². The number of rotatable bonds is 5. The Morgan fingerprint density at radius 2 is 2.06 bits per heavy atom. The summed E-state index contributed by atoms with van der Waals surface area (Å²) in [5.41, 5.74) is 3.57. The predicted molar refractivity (Wildman–Crippen MR) is 120 cm³/mol. The van der Waals surface area contributed by atoms with Gasteiger partial charge in [-0.1, -0.05) is 23.8 Å². The van der Waals surface area contributed by atoms with Crippen molar-refractivity contribution < 1.29 is 9.59 Å². The Bertz CT molecular complexity index is 1170. The van der Waals surface area contributed by atoms with Gasteiger partial charge in [0.2, 0.25) is 5.91 Å². The number of likely N-dealkylation sites (tertiary alicyclic amines) is 1. The monoisotopic (exact) mass is 436 g/mol. The molecule has 3 aromatic rings. The minimum absolute atomic E-state index is 0.0148. The Hall–Kier alpha value is -3.26. The topological polar surface area (TPSA) is 84.3 Å². The predicted octanol–water partition coefficient (Wildman–Crippen LogP) is 3.54. The first-order chi connectivity index (χ1) is 14.9. The number of nitrogens with zero attached hydrogens (tertiary/aromatic N) is 3. The highest BCUT2D eigenvalue weighted by molar-refractivity contribution is 7.13. The first kappa shape index (κ1) is 21.0. The van der Waals surface area contributed by atoms with Crippen LogP contribution in [0, 0.1) is 13.8 Å². The van der Waals surface area contributed by atoms with Gasteiger partial charge in [0.15, 0.2) is 5.13 Å². The molecule has 1 unspecified atom stereocenters. The second-order valence-electron chi connectivity index (χ2n) is 7.79. The number of aromatic nitrogens is 2. The van der Waals surface area contributed by atoms with Crippen LogP contribution in [0.3, 0.4) is 0 Å². The lowest BCUT2D eigenvalue weighted by Crippen LogP contribution is -2.33. The maximum Gasteiger partial charge on any atom is 0.255 e. The molecule has 0 radical (unpaired) electrons. The van der Waals surface area contributed by atoms with Gasteiger partial charge in [-0.25, -0.2) is 4.98 Å². The third-order valence-electron chi connectivity index (χ3n) is 5.53. The molecule has 3 heterocycles. The maximum atomic E-state index is 13.3. The van der Waals surface area contributed by atoms with Crippen LogP contribution in [0.4, 0.5) is 5.13 Å². The largest absolute Gasteiger partial charge is 0.332 e. The SMILES string of the molecule is Cc1ccc(C)c(C2CCCN2C(=O)c2ccc(=O)n(CC(=O)Nc3nccs3)c2)c1. The van der Waals surface area contributed by atoms with E-state index in [0.29, 0.717) is 17.2 Å². The first-order valence-corrected chi connectivity index (χ1v) is 11.1. The van der Waals surface area contributed by atoms with Crippen LogP contribution in [0.2, 0.25) is 0 Å². The van der Waals surface area contributed by atoms with Crippen LogP contribution in [0.1, 0.15) is 45.9 Å². The molecule has 1 atom stereocenters. The summed E-state index contributed by atoms with van der Waals surface area (Å²) in [6.45, 7) is 4.61. The molecular formula is C23H24N4O3S. The van der Waals surface area contributed by atoms with Gasteiger partial charge in [-0.15, -0.1) is 11.3 Å². The van der Waals surface area contributed by atoms with E-state index in [4.69, 9.17) is 0 Å². The number of benzene rings is 1. The average Bonchev–Trinajstić information content (AvgIpc) is 3.43. The van der Waals surface area contributed by atoms with Gasteiger partial charge in [-0.3, -0.25) is 14.4 Å². The summed E-state index contributed by atoms with van der Waals surface area (Å²) in [6, 6.07) is 9.21. The summed E-state index contributed by atoms with van der Waals surface area (Å²) < 4.78 is 1.26. The van der Waals surface area contributed by atoms with Gasteiger partial charge in [0, 0.05) is 30.4 Å². The normalized spacial score (nSPS) is 15.8. The van der Waals surface area contributed by atoms with Crippen molar-refractivity contribution in [2.45, 2.75) is 39.3 Å². The Morgan fingerprint density at radius 3 is 2.84 bits per heavy atom. The fraction of sp³-hybridized carbons (Fsp3) is 0.304. The molecule has 1 fully saturated rings. The number of carbonyl (C=O) groups is 2. The smallest absolute Gasteiger partial charge is 0.255 e. The van der Waals surface area contributed by atoms with E-state index < -0.39 is 0 Å². The van der Waals surface area contributed by atoms with E-state index in [2.05, 4.69) is 42.3 Å². The van der Waals surface area contributed by atoms with Crippen LogP contribution < -0.4 is 10.9 Å². The van der Waals surface area contributed by atoms with Crippen LogP contribution >= 0.6 is 11.3 Å². The summed E-state index contributed by atoms with van der Waals surface area (Å²) in [5, 5.41) is 4.88. The fourth-order valence-corrected chi connectivity index (χ4v) is 4.54. The molecule has 1 aromatic carbocycles. The molecule has 2 amide bonds. The van der Waals surface area contributed by atoms with E-state index in [9.17, 15) is 14.4 Å². The minimum atomic E-state index is -0.365. The van der Waals surface area contributed by atoms with E-state index in [1.54, 1.807) is 17.6 Å². The summed E-state index contributed by atoms with van der Waals surface area (Å²) in [6.07, 6.45) is 4.91. The third kappa shape index (κ3) is 4.59. The van der Waals surface area contributed by atoms with Crippen LogP contribution in [0.5, 0.6) is 0 Å². The van der Waals surface area contributed by atoms with E-state index >= 15 is 0 Å². The maximum absolute atomic E-state index is 13.3. The highest BCUT2D eigenvalue weighted by Crippen LogP contribution is 2.35. The molecule has 1 aliphatic rings. The van der Waals surface area contributed by atoms with Crippen LogP contribution in [0.25, 0.3) is 0 Å². The number of aryl methyl sites for hydroxylation is 2. The molecule has 160 valence electrons. The number of hydrogen-bond donors (Lipinski definition) is 1. The number of pyridine rings is 1. The molecule has 0 saturated carbocycles. The van der Waals surface area contributed by atoms with Crippen LogP contribution in [-0.4, -0.2) is 32.8 Å². The lowest BCUT2D eigenvalue weighted by atomic mass is 9.97. The van der Waals surface area contributed by atoms with E-state index in [1.165, 1.54) is 44.9 Å². The van der Waals surface area contributed by atoms with Crippen molar-refractivity contribution in [3.63, 3.8) is 0 Å². The van der Waals surface area contributed by atoms with E-state index in [0.717, 1.165) is 12.8 Å². The highest BCUT2D eigenvalue weighted by Gasteiger charge is 2.31. The number of anilines is 1. The van der Waals surface area contributed by atoms with Crippen molar-refractivity contribution in [1.29, 1.82) is 0 Å². The zero-order valence-electron chi connectivity index (χ0n) is 17.5. The number of carbonyl (C=O) groups excluding carboxylic acids is 2. The van der Waals surface area contributed by atoms with Crippen molar-refractivity contribution >= 4 is 28.3 Å². The Labute approximate surface area is 184 Å². The number of hydrogen-bond acceptors (Lipinski definition) is 5. The zero-order chi connectivity index (χ0) is 22.0. The van der Waals surface area contributed by atoms with Gasteiger partial charge in [0.05, 0.1) is 11.6 Å². The molecule has 1 aliphatic heterocycles. The van der Waals surface area contributed by atoms with Crippen molar-refractivity contribution in [1.82, 2.24) is 14.5 Å². The lowest BCUT2D eigenvalue weighted by molar-refractivity contribution is -0.116. The van der Waals surface area contributed by atoms with Gasteiger partial charge < -0.3 is 14.8 Å². The first-order valence-electron chi connectivity index (χ1n) is 10.2. The van der Waals surface area contributed by atoms with Crippen molar-refractivity contribution in [3.05, 3.63) is 80.7 Å². The van der Waals surface area contributed by atoms with Crippen molar-refractivity contribution in [3.8, 4) is 0 Å². The quantitative estimate of drug-likeness (QED) is 0.663.